The van der Waals surface area contributed by atoms with Crippen molar-refractivity contribution in [2.45, 2.75) is 268 Å². The number of likely N-dealkylation sites (tertiary alicyclic amines) is 2. The van der Waals surface area contributed by atoms with Gasteiger partial charge in [0.25, 0.3) is 0 Å². The molecule has 0 aromatic heterocycles. The summed E-state index contributed by atoms with van der Waals surface area (Å²) < 4.78 is 22.3. The van der Waals surface area contributed by atoms with E-state index in [4.69, 9.17) is 18.9 Å². The molecule has 0 spiro atoms. The molecule has 414 valence electrons. The molecule has 71 heavy (non-hydrogen) atoms. The Labute approximate surface area is 434 Å². The molecule has 2 saturated heterocycles. The quantitative estimate of drug-likeness (QED) is 0.0333. The lowest BCUT2D eigenvalue weighted by Crippen LogP contribution is -2.40. The van der Waals surface area contributed by atoms with Gasteiger partial charge in [-0.25, -0.2) is 0 Å². The molecule has 2 amide bonds. The lowest BCUT2D eigenvalue weighted by molar-refractivity contribution is -0.164. The molecule has 2 aliphatic heterocycles. The molecule has 0 aromatic carbocycles. The van der Waals surface area contributed by atoms with Gasteiger partial charge in [-0.05, 0) is 91.9 Å². The highest BCUT2D eigenvalue weighted by Crippen LogP contribution is 2.39. The van der Waals surface area contributed by atoms with Crippen LogP contribution in [-0.2, 0) is 47.7 Å². The molecule has 3 unspecified atom stereocenters. The second kappa shape index (κ2) is 39.3. The van der Waals surface area contributed by atoms with Gasteiger partial charge in [-0.2, -0.15) is 0 Å². The van der Waals surface area contributed by atoms with Crippen molar-refractivity contribution in [1.29, 1.82) is 0 Å². The maximum atomic E-state index is 12.9. The van der Waals surface area contributed by atoms with Crippen molar-refractivity contribution >= 4 is 35.7 Å². The second-order valence-electron chi connectivity index (χ2n) is 22.3. The number of ether oxygens (including phenoxy) is 4. The van der Waals surface area contributed by atoms with Crippen molar-refractivity contribution in [3.63, 3.8) is 0 Å². The molecule has 3 atom stereocenters. The molecule has 12 nitrogen and oxygen atoms in total. The van der Waals surface area contributed by atoms with E-state index in [0.717, 1.165) is 77.3 Å². The van der Waals surface area contributed by atoms with Gasteiger partial charge >= 0.3 is 23.9 Å². The number of nitrogens with zero attached hydrogens (tertiary/aromatic N) is 2. The predicted octanol–water partition coefficient (Wildman–Crippen LogP) is 14.1. The summed E-state index contributed by atoms with van der Waals surface area (Å²) in [7, 11) is 0. The molecule has 0 radical (unpaired) electrons. The molecule has 0 saturated carbocycles. The first-order valence-corrected chi connectivity index (χ1v) is 29.2. The standard InChI is InChI=1S/C30H55NO5.C29H53NO5/c1-6-8-9-10-11-12-13-14-15-19-23-35-28(34)30(5,7-2)25-29(3,4)27(33)36-24-22-31-21-18-16-17-20-26(31)32;1-5-7-8-9-10-11-12-13-14-18-22-35-28(33)29(4,6-2)24-25(3)27(32)34-23-21-30-20-17-15-16-19-26(30)31/h6-25H2,1-5H3;25H,5-24H2,1-4H3. The Morgan fingerprint density at radius 2 is 0.831 bits per heavy atom. The smallest absolute Gasteiger partial charge is 0.311 e. The number of hydrogen-bond donors (Lipinski definition) is 0. The predicted molar refractivity (Wildman–Crippen MR) is 287 cm³/mol. The molecular weight excluding hydrogens is 897 g/mol. The van der Waals surface area contributed by atoms with Crippen LogP contribution in [0.1, 0.15) is 268 Å². The summed E-state index contributed by atoms with van der Waals surface area (Å²) in [5, 5.41) is 0. The molecule has 2 rings (SSSR count). The number of hydrogen-bond acceptors (Lipinski definition) is 10. The monoisotopic (exact) mass is 1000 g/mol. The zero-order valence-corrected chi connectivity index (χ0v) is 47.3. The summed E-state index contributed by atoms with van der Waals surface area (Å²) in [6.45, 7) is 21.3. The van der Waals surface area contributed by atoms with Gasteiger partial charge < -0.3 is 28.7 Å². The van der Waals surface area contributed by atoms with Crippen LogP contribution in [0.2, 0.25) is 0 Å². The van der Waals surface area contributed by atoms with Crippen LogP contribution >= 0.6 is 0 Å². The van der Waals surface area contributed by atoms with Gasteiger partial charge in [0.1, 0.15) is 13.2 Å². The average molecular weight is 1010 g/mol. The number of esters is 4. The molecule has 0 N–H and O–H groups in total. The lowest BCUT2D eigenvalue weighted by atomic mass is 9.72. The third-order valence-corrected chi connectivity index (χ3v) is 15.1. The number of unbranched alkanes of at least 4 members (excludes halogenated alkanes) is 18. The largest absolute Gasteiger partial charge is 0.465 e. The summed E-state index contributed by atoms with van der Waals surface area (Å²) in [6, 6.07) is 0. The molecule has 0 aliphatic carbocycles. The zero-order chi connectivity index (χ0) is 52.8. The summed E-state index contributed by atoms with van der Waals surface area (Å²) >= 11 is 0. The highest BCUT2D eigenvalue weighted by Gasteiger charge is 2.43. The van der Waals surface area contributed by atoms with Crippen LogP contribution in [0.5, 0.6) is 0 Å². The zero-order valence-electron chi connectivity index (χ0n) is 47.3. The van der Waals surface area contributed by atoms with Gasteiger partial charge in [0.15, 0.2) is 0 Å². The maximum Gasteiger partial charge on any atom is 0.311 e. The van der Waals surface area contributed by atoms with Crippen molar-refractivity contribution in [3.05, 3.63) is 0 Å². The van der Waals surface area contributed by atoms with E-state index in [1.54, 1.807) is 9.80 Å². The maximum absolute atomic E-state index is 12.9. The number of amides is 2. The first-order chi connectivity index (χ1) is 34.0. The Bertz CT molecular complexity index is 1470. The first-order valence-electron chi connectivity index (χ1n) is 29.2. The van der Waals surface area contributed by atoms with Crippen molar-refractivity contribution in [1.82, 2.24) is 9.80 Å². The van der Waals surface area contributed by atoms with Crippen LogP contribution < -0.4 is 0 Å². The van der Waals surface area contributed by atoms with Gasteiger partial charge in [-0.1, -0.05) is 163 Å². The fourth-order valence-electron chi connectivity index (χ4n) is 9.77. The second-order valence-corrected chi connectivity index (χ2v) is 22.3. The SMILES string of the molecule is CCCCCCCCCCCCOC(=O)C(C)(CC)CC(C)(C)C(=O)OCCN1CCCCCC1=O.CCCCCCCCCCCCOC(=O)C(C)(CC)CC(C)C(=O)OCCN1CCCCCC1=O. The van der Waals surface area contributed by atoms with E-state index in [1.165, 1.54) is 103 Å². The molecule has 0 aromatic rings. The van der Waals surface area contributed by atoms with Gasteiger partial charge in [0.2, 0.25) is 11.8 Å². The van der Waals surface area contributed by atoms with Crippen molar-refractivity contribution in [3.8, 4) is 0 Å². The van der Waals surface area contributed by atoms with Crippen LogP contribution in [0.3, 0.4) is 0 Å². The molecule has 2 fully saturated rings. The summed E-state index contributed by atoms with van der Waals surface area (Å²) in [5.74, 6) is -1.18. The Morgan fingerprint density at radius 1 is 0.465 bits per heavy atom. The average Bonchev–Trinajstić information content (AvgIpc) is 3.69. The third-order valence-electron chi connectivity index (χ3n) is 15.1. The van der Waals surface area contributed by atoms with Gasteiger partial charge in [0, 0.05) is 25.9 Å². The Kier molecular flexibility index (Phi) is 36.4. The number of carbonyl (C=O) groups excluding carboxylic acids is 6. The van der Waals surface area contributed by atoms with Crippen molar-refractivity contribution < 1.29 is 47.7 Å². The lowest BCUT2D eigenvalue weighted by Gasteiger charge is -2.33. The molecule has 12 heteroatoms. The Balaban J connectivity index is 0.000000710. The van der Waals surface area contributed by atoms with Gasteiger partial charge in [-0.15, -0.1) is 0 Å². The normalized spacial score (nSPS) is 16.6. The third kappa shape index (κ3) is 29.3. The Hall–Kier alpha value is -3.18. The fourth-order valence-corrected chi connectivity index (χ4v) is 9.77. The van der Waals surface area contributed by atoms with Gasteiger partial charge in [0.05, 0.1) is 48.5 Å². The first kappa shape index (κ1) is 65.8. The minimum Gasteiger partial charge on any atom is -0.465 e. The number of rotatable bonds is 38. The molecule has 0 bridgehead atoms. The van der Waals surface area contributed by atoms with E-state index < -0.39 is 22.2 Å². The summed E-state index contributed by atoms with van der Waals surface area (Å²) in [5.41, 5.74) is -2.25. The van der Waals surface area contributed by atoms with Crippen molar-refractivity contribution in [2.24, 2.45) is 22.2 Å². The number of carbonyl (C=O) groups is 6. The topological polar surface area (TPSA) is 146 Å². The van der Waals surface area contributed by atoms with E-state index in [0.29, 0.717) is 64.8 Å². The van der Waals surface area contributed by atoms with Crippen LogP contribution in [0, 0.1) is 22.2 Å². The highest BCUT2D eigenvalue weighted by molar-refractivity contribution is 5.81. The summed E-state index contributed by atoms with van der Waals surface area (Å²) in [4.78, 5) is 78.9. The minimum atomic E-state index is -0.816. The van der Waals surface area contributed by atoms with E-state index in [9.17, 15) is 28.8 Å². The van der Waals surface area contributed by atoms with Crippen LogP contribution in [0.25, 0.3) is 0 Å². The highest BCUT2D eigenvalue weighted by atomic mass is 16.5. The van der Waals surface area contributed by atoms with Crippen LogP contribution in [0.15, 0.2) is 0 Å². The van der Waals surface area contributed by atoms with Crippen molar-refractivity contribution in [2.75, 3.05) is 52.6 Å². The Morgan fingerprint density at radius 3 is 1.24 bits per heavy atom. The van der Waals surface area contributed by atoms with E-state index >= 15 is 0 Å². The molecule has 2 aliphatic rings. The van der Waals surface area contributed by atoms with E-state index in [1.807, 2.05) is 48.5 Å². The fraction of sp³-hybridized carbons (Fsp3) is 0.898. The summed E-state index contributed by atoms with van der Waals surface area (Å²) in [6.07, 6.45) is 34.0. The molecular formula is C59H108N2O10. The van der Waals surface area contributed by atoms with Gasteiger partial charge in [-0.3, -0.25) is 28.8 Å². The van der Waals surface area contributed by atoms with E-state index in [2.05, 4.69) is 13.8 Å². The van der Waals surface area contributed by atoms with E-state index in [-0.39, 0.29) is 48.9 Å². The van der Waals surface area contributed by atoms with Crippen LogP contribution in [-0.4, -0.2) is 98.1 Å². The minimum absolute atomic E-state index is 0.145. The molecule has 2 heterocycles. The van der Waals surface area contributed by atoms with Crippen LogP contribution in [0.4, 0.5) is 0 Å².